The first-order chi connectivity index (χ1) is 8.06. The van der Waals surface area contributed by atoms with Crippen molar-refractivity contribution in [2.45, 2.75) is 26.8 Å². The minimum Gasteiger partial charge on any atom is -0.441 e. The molecule has 2 rings (SSSR count). The molecule has 0 aliphatic carbocycles. The van der Waals surface area contributed by atoms with Crippen LogP contribution < -0.4 is 5.32 Å². The van der Waals surface area contributed by atoms with Gasteiger partial charge in [0.15, 0.2) is 17.3 Å². The van der Waals surface area contributed by atoms with Gasteiger partial charge >= 0.3 is 0 Å². The van der Waals surface area contributed by atoms with Gasteiger partial charge in [-0.05, 0) is 18.2 Å². The molecule has 0 fully saturated rings. The highest BCUT2D eigenvalue weighted by Gasteiger charge is 2.09. The number of Topliss-reactive ketones (excluding diaryl/α,β-unsaturated/α-hetero) is 1. The molecule has 2 aromatic rings. The number of oxazole rings is 1. The highest BCUT2D eigenvalue weighted by molar-refractivity contribution is 5.99. The number of rotatable bonds is 4. The van der Waals surface area contributed by atoms with Crippen molar-refractivity contribution in [3.63, 3.8) is 0 Å². The molecule has 4 nitrogen and oxygen atoms in total. The van der Waals surface area contributed by atoms with E-state index in [2.05, 4.69) is 10.3 Å². The molecule has 90 valence electrons. The number of aryl methyl sites for hydroxylation is 1. The maximum absolute atomic E-state index is 11.9. The monoisotopic (exact) mass is 232 g/mol. The van der Waals surface area contributed by atoms with Crippen LogP contribution in [0.2, 0.25) is 0 Å². The summed E-state index contributed by atoms with van der Waals surface area (Å²) in [6, 6.07) is 5.65. The first-order valence-corrected chi connectivity index (χ1v) is 5.70. The number of carbonyl (C=O) groups is 1. The van der Waals surface area contributed by atoms with Gasteiger partial charge in [0, 0.05) is 18.5 Å². The van der Waals surface area contributed by atoms with Crippen LogP contribution in [0.5, 0.6) is 0 Å². The predicted molar refractivity (Wildman–Crippen MR) is 66.2 cm³/mol. The number of ketones is 1. The van der Waals surface area contributed by atoms with Crippen LogP contribution in [0.4, 0.5) is 0 Å². The SMILES string of the molecule is Cc1nc2ccc(C(=O)CNC(C)C)cc2o1. The molecule has 0 saturated heterocycles. The van der Waals surface area contributed by atoms with Crippen LogP contribution in [0, 0.1) is 6.92 Å². The molecule has 0 amide bonds. The molecule has 0 bridgehead atoms. The third-order valence-electron chi connectivity index (χ3n) is 2.49. The van der Waals surface area contributed by atoms with E-state index in [0.717, 1.165) is 5.52 Å². The van der Waals surface area contributed by atoms with Crippen LogP contribution in [-0.4, -0.2) is 23.4 Å². The number of hydrogen-bond acceptors (Lipinski definition) is 4. The Balaban J connectivity index is 2.20. The first-order valence-electron chi connectivity index (χ1n) is 5.70. The molecule has 0 aliphatic rings. The van der Waals surface area contributed by atoms with Gasteiger partial charge in [-0.1, -0.05) is 13.8 Å². The zero-order chi connectivity index (χ0) is 12.4. The Morgan fingerprint density at radius 2 is 2.24 bits per heavy atom. The lowest BCUT2D eigenvalue weighted by Gasteiger charge is -2.06. The van der Waals surface area contributed by atoms with Gasteiger partial charge in [-0.2, -0.15) is 0 Å². The maximum Gasteiger partial charge on any atom is 0.192 e. The lowest BCUT2D eigenvalue weighted by molar-refractivity contribution is 0.0988. The molecular formula is C13H16N2O2. The Morgan fingerprint density at radius 3 is 2.94 bits per heavy atom. The summed E-state index contributed by atoms with van der Waals surface area (Å²) in [5.74, 6) is 0.680. The largest absolute Gasteiger partial charge is 0.441 e. The van der Waals surface area contributed by atoms with E-state index in [1.165, 1.54) is 0 Å². The normalized spacial score (nSPS) is 11.3. The topological polar surface area (TPSA) is 55.1 Å². The number of fused-ring (bicyclic) bond motifs is 1. The number of carbonyl (C=O) groups excluding carboxylic acids is 1. The number of aromatic nitrogens is 1. The predicted octanol–water partition coefficient (Wildman–Crippen LogP) is 2.32. The van der Waals surface area contributed by atoms with Crippen molar-refractivity contribution in [2.24, 2.45) is 0 Å². The van der Waals surface area contributed by atoms with Crippen molar-refractivity contribution in [1.82, 2.24) is 10.3 Å². The number of nitrogens with zero attached hydrogens (tertiary/aromatic N) is 1. The molecule has 1 N–H and O–H groups in total. The summed E-state index contributed by atoms with van der Waals surface area (Å²) in [7, 11) is 0. The minimum absolute atomic E-state index is 0.0645. The van der Waals surface area contributed by atoms with E-state index in [1.54, 1.807) is 19.1 Å². The number of benzene rings is 1. The van der Waals surface area contributed by atoms with E-state index >= 15 is 0 Å². The van der Waals surface area contributed by atoms with Crippen LogP contribution in [-0.2, 0) is 0 Å². The Labute approximate surface area is 100 Å². The lowest BCUT2D eigenvalue weighted by Crippen LogP contribution is -2.29. The summed E-state index contributed by atoms with van der Waals surface area (Å²) >= 11 is 0. The zero-order valence-corrected chi connectivity index (χ0v) is 10.3. The fourth-order valence-corrected chi connectivity index (χ4v) is 1.61. The molecule has 0 unspecified atom stereocenters. The molecule has 1 heterocycles. The second-order valence-electron chi connectivity index (χ2n) is 4.37. The van der Waals surface area contributed by atoms with Gasteiger partial charge in [0.25, 0.3) is 0 Å². The van der Waals surface area contributed by atoms with Crippen molar-refractivity contribution < 1.29 is 9.21 Å². The second-order valence-corrected chi connectivity index (χ2v) is 4.37. The molecule has 0 aliphatic heterocycles. The smallest absolute Gasteiger partial charge is 0.192 e. The van der Waals surface area contributed by atoms with Gasteiger partial charge in [-0.3, -0.25) is 4.79 Å². The first kappa shape index (κ1) is 11.8. The Hall–Kier alpha value is -1.68. The van der Waals surface area contributed by atoms with Crippen molar-refractivity contribution >= 4 is 16.9 Å². The van der Waals surface area contributed by atoms with Gasteiger partial charge in [0.1, 0.15) is 5.52 Å². The molecule has 4 heteroatoms. The van der Waals surface area contributed by atoms with E-state index in [9.17, 15) is 4.79 Å². The minimum atomic E-state index is 0.0645. The number of nitrogens with one attached hydrogen (secondary N) is 1. The van der Waals surface area contributed by atoms with Crippen molar-refractivity contribution in [2.75, 3.05) is 6.54 Å². The Bertz CT molecular complexity index is 543. The summed E-state index contributed by atoms with van der Waals surface area (Å²) in [5, 5.41) is 3.10. The van der Waals surface area contributed by atoms with Crippen LogP contribution in [0.1, 0.15) is 30.1 Å². The summed E-state index contributed by atoms with van der Waals surface area (Å²) in [5.41, 5.74) is 2.11. The van der Waals surface area contributed by atoms with Crippen molar-refractivity contribution in [3.8, 4) is 0 Å². The van der Waals surface area contributed by atoms with Gasteiger partial charge < -0.3 is 9.73 Å². The van der Waals surface area contributed by atoms with E-state index in [-0.39, 0.29) is 5.78 Å². The average Bonchev–Trinajstić information content (AvgIpc) is 2.64. The maximum atomic E-state index is 11.9. The summed E-state index contributed by atoms with van der Waals surface area (Å²) < 4.78 is 5.40. The molecule has 0 atom stereocenters. The second kappa shape index (κ2) is 4.67. The van der Waals surface area contributed by atoms with E-state index < -0.39 is 0 Å². The Kier molecular flexibility index (Phi) is 3.24. The molecule has 1 aromatic carbocycles. The van der Waals surface area contributed by atoms with E-state index in [0.29, 0.717) is 29.6 Å². The third kappa shape index (κ3) is 2.71. The highest BCUT2D eigenvalue weighted by atomic mass is 16.3. The Morgan fingerprint density at radius 1 is 1.47 bits per heavy atom. The third-order valence-corrected chi connectivity index (χ3v) is 2.49. The van der Waals surface area contributed by atoms with Gasteiger partial charge in [-0.25, -0.2) is 4.98 Å². The highest BCUT2D eigenvalue weighted by Crippen LogP contribution is 2.17. The van der Waals surface area contributed by atoms with Crippen LogP contribution >= 0.6 is 0 Å². The summed E-state index contributed by atoms with van der Waals surface area (Å²) in [6.07, 6.45) is 0. The molecular weight excluding hydrogens is 216 g/mol. The van der Waals surface area contributed by atoms with Crippen LogP contribution in [0.15, 0.2) is 22.6 Å². The van der Waals surface area contributed by atoms with Crippen LogP contribution in [0.3, 0.4) is 0 Å². The molecule has 0 radical (unpaired) electrons. The fraction of sp³-hybridized carbons (Fsp3) is 0.385. The number of hydrogen-bond donors (Lipinski definition) is 1. The van der Waals surface area contributed by atoms with Crippen molar-refractivity contribution in [1.29, 1.82) is 0 Å². The molecule has 17 heavy (non-hydrogen) atoms. The van der Waals surface area contributed by atoms with Gasteiger partial charge in [0.2, 0.25) is 0 Å². The molecule has 0 spiro atoms. The summed E-state index contributed by atoms with van der Waals surface area (Å²) in [4.78, 5) is 16.1. The van der Waals surface area contributed by atoms with Crippen molar-refractivity contribution in [3.05, 3.63) is 29.7 Å². The molecule has 0 saturated carbocycles. The standard InChI is InChI=1S/C13H16N2O2/c1-8(2)14-7-12(16)10-4-5-11-13(6-10)17-9(3)15-11/h4-6,8,14H,7H2,1-3H3. The van der Waals surface area contributed by atoms with Crippen LogP contribution in [0.25, 0.3) is 11.1 Å². The van der Waals surface area contributed by atoms with E-state index in [1.807, 2.05) is 19.9 Å². The zero-order valence-electron chi connectivity index (χ0n) is 10.3. The van der Waals surface area contributed by atoms with Gasteiger partial charge in [0.05, 0.1) is 6.54 Å². The average molecular weight is 232 g/mol. The quantitative estimate of drug-likeness (QED) is 0.822. The lowest BCUT2D eigenvalue weighted by atomic mass is 10.1. The van der Waals surface area contributed by atoms with E-state index in [4.69, 9.17) is 4.42 Å². The molecule has 1 aromatic heterocycles. The fourth-order valence-electron chi connectivity index (χ4n) is 1.61. The van der Waals surface area contributed by atoms with Gasteiger partial charge in [-0.15, -0.1) is 0 Å². The summed E-state index contributed by atoms with van der Waals surface area (Å²) in [6.45, 7) is 6.16.